The Bertz CT molecular complexity index is 365. The second-order valence-electron chi connectivity index (χ2n) is 3.40. The summed E-state index contributed by atoms with van der Waals surface area (Å²) in [6.45, 7) is 0.217. The summed E-state index contributed by atoms with van der Waals surface area (Å²) < 4.78 is 0. The molecule has 0 spiro atoms. The Kier molecular flexibility index (Phi) is 4.47. The summed E-state index contributed by atoms with van der Waals surface area (Å²) in [5, 5.41) is 2.55. The number of primary amides is 1. The third-order valence-corrected chi connectivity index (χ3v) is 2.11. The number of carbonyl (C=O) groups is 2. The molecule has 5 N–H and O–H groups in total. The summed E-state index contributed by atoms with van der Waals surface area (Å²) in [6.07, 6.45) is 0.118. The van der Waals surface area contributed by atoms with Crippen LogP contribution in [0.1, 0.15) is 18.0 Å². The van der Waals surface area contributed by atoms with Gasteiger partial charge in [0, 0.05) is 13.0 Å². The number of nitrogens with one attached hydrogen (secondary N) is 1. The average molecular weight is 221 g/mol. The molecule has 0 saturated carbocycles. The SMILES string of the molecule is NC(=O)CCNC(=O)[C@@H](N)c1ccccc1. The van der Waals surface area contributed by atoms with Crippen LogP contribution in [0.4, 0.5) is 0 Å². The maximum Gasteiger partial charge on any atom is 0.241 e. The second kappa shape index (κ2) is 5.87. The van der Waals surface area contributed by atoms with E-state index in [4.69, 9.17) is 11.5 Å². The molecule has 0 saturated heterocycles. The van der Waals surface area contributed by atoms with E-state index in [2.05, 4.69) is 5.32 Å². The van der Waals surface area contributed by atoms with Crippen LogP contribution >= 0.6 is 0 Å². The highest BCUT2D eigenvalue weighted by molar-refractivity contribution is 5.83. The molecule has 1 rings (SSSR count). The van der Waals surface area contributed by atoms with Crippen LogP contribution in [0.5, 0.6) is 0 Å². The Morgan fingerprint density at radius 3 is 2.44 bits per heavy atom. The van der Waals surface area contributed by atoms with Gasteiger partial charge in [-0.2, -0.15) is 0 Å². The molecule has 0 aromatic heterocycles. The number of benzene rings is 1. The molecular formula is C11H15N3O2. The molecule has 5 heteroatoms. The zero-order valence-electron chi connectivity index (χ0n) is 8.85. The largest absolute Gasteiger partial charge is 0.370 e. The summed E-state index contributed by atoms with van der Waals surface area (Å²) in [5.74, 6) is -0.763. The van der Waals surface area contributed by atoms with Gasteiger partial charge in [-0.1, -0.05) is 30.3 Å². The normalized spacial score (nSPS) is 11.8. The Balaban J connectivity index is 2.45. The molecule has 0 heterocycles. The Morgan fingerprint density at radius 1 is 1.25 bits per heavy atom. The van der Waals surface area contributed by atoms with Crippen LogP contribution < -0.4 is 16.8 Å². The van der Waals surface area contributed by atoms with Crippen molar-refractivity contribution in [2.45, 2.75) is 12.5 Å². The molecule has 86 valence electrons. The molecule has 0 aliphatic heterocycles. The van der Waals surface area contributed by atoms with E-state index in [0.29, 0.717) is 0 Å². The van der Waals surface area contributed by atoms with Gasteiger partial charge >= 0.3 is 0 Å². The Morgan fingerprint density at radius 2 is 1.88 bits per heavy atom. The van der Waals surface area contributed by atoms with Gasteiger partial charge in [0.15, 0.2) is 0 Å². The first kappa shape index (κ1) is 12.2. The maximum atomic E-state index is 11.5. The Hall–Kier alpha value is -1.88. The monoisotopic (exact) mass is 221 g/mol. The summed E-state index contributed by atoms with van der Waals surface area (Å²) in [5.41, 5.74) is 11.4. The van der Waals surface area contributed by atoms with Gasteiger partial charge in [-0.25, -0.2) is 0 Å². The fourth-order valence-corrected chi connectivity index (χ4v) is 1.23. The highest BCUT2D eigenvalue weighted by Gasteiger charge is 2.14. The number of amides is 2. The van der Waals surface area contributed by atoms with E-state index in [1.807, 2.05) is 18.2 Å². The van der Waals surface area contributed by atoms with Crippen molar-refractivity contribution in [1.82, 2.24) is 5.32 Å². The molecule has 0 radical (unpaired) electrons. The van der Waals surface area contributed by atoms with Crippen LogP contribution in [0.15, 0.2) is 30.3 Å². The number of hydrogen-bond acceptors (Lipinski definition) is 3. The zero-order chi connectivity index (χ0) is 12.0. The molecule has 2 amide bonds. The van der Waals surface area contributed by atoms with Crippen molar-refractivity contribution in [3.05, 3.63) is 35.9 Å². The van der Waals surface area contributed by atoms with Gasteiger partial charge in [-0.05, 0) is 5.56 Å². The third-order valence-electron chi connectivity index (χ3n) is 2.11. The zero-order valence-corrected chi connectivity index (χ0v) is 8.85. The van der Waals surface area contributed by atoms with Crippen molar-refractivity contribution in [1.29, 1.82) is 0 Å². The molecule has 1 aromatic rings. The Labute approximate surface area is 93.8 Å². The lowest BCUT2D eigenvalue weighted by Gasteiger charge is -2.11. The molecule has 0 aliphatic carbocycles. The quantitative estimate of drug-likeness (QED) is 0.635. The molecule has 1 aromatic carbocycles. The molecule has 0 bridgehead atoms. The van der Waals surface area contributed by atoms with Gasteiger partial charge in [0.25, 0.3) is 0 Å². The molecule has 16 heavy (non-hydrogen) atoms. The molecule has 1 atom stereocenters. The second-order valence-corrected chi connectivity index (χ2v) is 3.40. The van der Waals surface area contributed by atoms with Crippen LogP contribution in [-0.4, -0.2) is 18.4 Å². The molecule has 0 fully saturated rings. The highest BCUT2D eigenvalue weighted by Crippen LogP contribution is 2.08. The lowest BCUT2D eigenvalue weighted by molar-refractivity contribution is -0.122. The summed E-state index contributed by atoms with van der Waals surface area (Å²) in [6, 6.07) is 8.31. The first-order chi connectivity index (χ1) is 7.61. The van der Waals surface area contributed by atoms with Crippen LogP contribution in [0.2, 0.25) is 0 Å². The molecule has 0 unspecified atom stereocenters. The average Bonchev–Trinajstić information content (AvgIpc) is 2.28. The fraction of sp³-hybridized carbons (Fsp3) is 0.273. The summed E-state index contributed by atoms with van der Waals surface area (Å²) in [7, 11) is 0. The van der Waals surface area contributed by atoms with E-state index >= 15 is 0 Å². The third kappa shape index (κ3) is 3.70. The van der Waals surface area contributed by atoms with E-state index in [1.165, 1.54) is 0 Å². The van der Waals surface area contributed by atoms with E-state index in [-0.39, 0.29) is 18.9 Å². The van der Waals surface area contributed by atoms with Crippen molar-refractivity contribution in [3.8, 4) is 0 Å². The van der Waals surface area contributed by atoms with E-state index < -0.39 is 11.9 Å². The minimum Gasteiger partial charge on any atom is -0.370 e. The van der Waals surface area contributed by atoms with E-state index in [9.17, 15) is 9.59 Å². The van der Waals surface area contributed by atoms with E-state index in [1.54, 1.807) is 12.1 Å². The van der Waals surface area contributed by atoms with Crippen molar-refractivity contribution >= 4 is 11.8 Å². The topological polar surface area (TPSA) is 98.2 Å². The number of carbonyl (C=O) groups excluding carboxylic acids is 2. The molecule has 5 nitrogen and oxygen atoms in total. The van der Waals surface area contributed by atoms with E-state index in [0.717, 1.165) is 5.56 Å². The molecule has 0 aliphatic rings. The fourth-order valence-electron chi connectivity index (χ4n) is 1.23. The van der Waals surface area contributed by atoms with Gasteiger partial charge in [0.05, 0.1) is 0 Å². The van der Waals surface area contributed by atoms with Gasteiger partial charge in [0.1, 0.15) is 6.04 Å². The van der Waals surface area contributed by atoms with Crippen molar-refractivity contribution in [2.24, 2.45) is 11.5 Å². The van der Waals surface area contributed by atoms with Gasteiger partial charge in [-0.15, -0.1) is 0 Å². The smallest absolute Gasteiger partial charge is 0.241 e. The summed E-state index contributed by atoms with van der Waals surface area (Å²) in [4.78, 5) is 22.0. The number of rotatable bonds is 5. The van der Waals surface area contributed by atoms with Crippen LogP contribution in [0.25, 0.3) is 0 Å². The predicted octanol–water partition coefficient (Wildman–Crippen LogP) is -0.322. The van der Waals surface area contributed by atoms with Crippen molar-refractivity contribution in [3.63, 3.8) is 0 Å². The van der Waals surface area contributed by atoms with Gasteiger partial charge < -0.3 is 16.8 Å². The van der Waals surface area contributed by atoms with Gasteiger partial charge in [-0.3, -0.25) is 9.59 Å². The van der Waals surface area contributed by atoms with Crippen molar-refractivity contribution in [2.75, 3.05) is 6.54 Å². The number of nitrogens with two attached hydrogens (primary N) is 2. The summed E-state index contributed by atoms with van der Waals surface area (Å²) >= 11 is 0. The van der Waals surface area contributed by atoms with Gasteiger partial charge in [0.2, 0.25) is 11.8 Å². The number of hydrogen-bond donors (Lipinski definition) is 3. The van der Waals surface area contributed by atoms with Crippen molar-refractivity contribution < 1.29 is 9.59 Å². The predicted molar refractivity (Wildman–Crippen MR) is 60.2 cm³/mol. The maximum absolute atomic E-state index is 11.5. The lowest BCUT2D eigenvalue weighted by atomic mass is 10.1. The van der Waals surface area contributed by atoms with Crippen LogP contribution in [-0.2, 0) is 9.59 Å². The highest BCUT2D eigenvalue weighted by atomic mass is 16.2. The standard InChI is InChI=1S/C11H15N3O2/c12-9(15)6-7-14-11(16)10(13)8-4-2-1-3-5-8/h1-5,10H,6-7,13H2,(H2,12,15)(H,14,16)/t10-/m0/s1. The minimum atomic E-state index is -0.714. The van der Waals surface area contributed by atoms with Crippen LogP contribution in [0.3, 0.4) is 0 Å². The first-order valence-corrected chi connectivity index (χ1v) is 4.98. The lowest BCUT2D eigenvalue weighted by Crippen LogP contribution is -2.35. The first-order valence-electron chi connectivity index (χ1n) is 4.98. The minimum absolute atomic E-state index is 0.118. The van der Waals surface area contributed by atoms with Crippen LogP contribution in [0, 0.1) is 0 Å². The molecular weight excluding hydrogens is 206 g/mol.